The number of hydrogen-bond acceptors (Lipinski definition) is 7. The Morgan fingerprint density at radius 3 is 2.38 bits per heavy atom. The van der Waals surface area contributed by atoms with Gasteiger partial charge in [0.25, 0.3) is 0 Å². The first-order valence-corrected chi connectivity index (χ1v) is 12.8. The zero-order chi connectivity index (χ0) is 24.6. The van der Waals surface area contributed by atoms with Crippen LogP contribution in [-0.2, 0) is 21.2 Å². The van der Waals surface area contributed by atoms with Gasteiger partial charge in [0, 0.05) is 25.3 Å². The monoisotopic (exact) mass is 491 g/mol. The average Bonchev–Trinajstić information content (AvgIpc) is 3.39. The van der Waals surface area contributed by atoms with Crippen molar-refractivity contribution in [3.8, 4) is 17.2 Å². The van der Waals surface area contributed by atoms with E-state index in [-0.39, 0.29) is 17.3 Å². The Hall–Kier alpha value is -2.98. The third-order valence-corrected chi connectivity index (χ3v) is 7.48. The van der Waals surface area contributed by atoms with Crippen LogP contribution in [0.25, 0.3) is 0 Å². The van der Waals surface area contributed by atoms with Crippen LogP contribution >= 0.6 is 0 Å². The average molecular weight is 492 g/mol. The molecule has 1 amide bonds. The molecule has 1 aliphatic rings. The van der Waals surface area contributed by atoms with Crippen LogP contribution in [0.4, 0.5) is 5.69 Å². The highest BCUT2D eigenvalue weighted by Gasteiger charge is 2.30. The van der Waals surface area contributed by atoms with E-state index in [0.717, 1.165) is 18.4 Å². The van der Waals surface area contributed by atoms with Crippen LogP contribution in [0, 0.1) is 0 Å². The van der Waals surface area contributed by atoms with Gasteiger partial charge in [0.1, 0.15) is 10.6 Å². The van der Waals surface area contributed by atoms with Crippen molar-refractivity contribution in [3.05, 3.63) is 42.0 Å². The lowest BCUT2D eigenvalue weighted by molar-refractivity contribution is -0.119. The summed E-state index contributed by atoms with van der Waals surface area (Å²) in [7, 11) is -0.495. The molecule has 0 bridgehead atoms. The van der Waals surface area contributed by atoms with Gasteiger partial charge in [0.2, 0.25) is 15.9 Å². The molecule has 0 radical (unpaired) electrons. The molecule has 2 aromatic carbocycles. The Kier molecular flexibility index (Phi) is 9.00. The minimum Gasteiger partial charge on any atom is -0.493 e. The SMILES string of the molecule is CCOc1ccc(NCC(=O)NCCc2ccc(OC)c(OC)c2)cc1S(=O)(=O)N1CCCC1. The van der Waals surface area contributed by atoms with Crippen LogP contribution in [0.2, 0.25) is 0 Å². The van der Waals surface area contributed by atoms with Crippen LogP contribution < -0.4 is 24.8 Å². The Bertz CT molecular complexity index is 1080. The minimum atomic E-state index is -3.66. The van der Waals surface area contributed by atoms with Gasteiger partial charge in [-0.2, -0.15) is 4.31 Å². The molecule has 2 aromatic rings. The molecule has 3 rings (SSSR count). The van der Waals surface area contributed by atoms with Crippen LogP contribution in [0.1, 0.15) is 25.3 Å². The van der Waals surface area contributed by atoms with Crippen molar-refractivity contribution in [2.24, 2.45) is 0 Å². The lowest BCUT2D eigenvalue weighted by atomic mass is 10.1. The lowest BCUT2D eigenvalue weighted by Gasteiger charge is -2.19. The second-order valence-electron chi connectivity index (χ2n) is 7.85. The Morgan fingerprint density at radius 2 is 1.71 bits per heavy atom. The first kappa shape index (κ1) is 25.6. The number of anilines is 1. The van der Waals surface area contributed by atoms with Gasteiger partial charge in [-0.1, -0.05) is 6.07 Å². The minimum absolute atomic E-state index is 0.0170. The Morgan fingerprint density at radius 1 is 1.00 bits per heavy atom. The highest BCUT2D eigenvalue weighted by molar-refractivity contribution is 7.89. The zero-order valence-electron chi connectivity index (χ0n) is 19.9. The van der Waals surface area contributed by atoms with Crippen molar-refractivity contribution >= 4 is 21.6 Å². The normalized spacial score (nSPS) is 14.0. The number of methoxy groups -OCH3 is 2. The smallest absolute Gasteiger partial charge is 0.246 e. The first-order valence-electron chi connectivity index (χ1n) is 11.4. The number of amides is 1. The number of benzene rings is 2. The lowest BCUT2D eigenvalue weighted by Crippen LogP contribution is -2.31. The van der Waals surface area contributed by atoms with Gasteiger partial charge in [-0.3, -0.25) is 4.79 Å². The quantitative estimate of drug-likeness (QED) is 0.470. The number of nitrogens with one attached hydrogen (secondary N) is 2. The second kappa shape index (κ2) is 11.9. The van der Waals surface area contributed by atoms with Crippen molar-refractivity contribution in [3.63, 3.8) is 0 Å². The topological polar surface area (TPSA) is 106 Å². The van der Waals surface area contributed by atoms with E-state index in [0.29, 0.717) is 55.6 Å². The van der Waals surface area contributed by atoms with Gasteiger partial charge >= 0.3 is 0 Å². The molecular formula is C24H33N3O6S. The Balaban J connectivity index is 1.58. The number of sulfonamides is 1. The maximum atomic E-state index is 13.1. The molecule has 0 unspecified atom stereocenters. The third kappa shape index (κ3) is 6.32. The third-order valence-electron chi connectivity index (χ3n) is 5.56. The van der Waals surface area contributed by atoms with Crippen molar-refractivity contribution in [2.75, 3.05) is 52.3 Å². The molecule has 34 heavy (non-hydrogen) atoms. The van der Waals surface area contributed by atoms with Crippen molar-refractivity contribution in [2.45, 2.75) is 31.1 Å². The number of hydrogen-bond donors (Lipinski definition) is 2. The van der Waals surface area contributed by atoms with Gasteiger partial charge in [0.05, 0.1) is 27.4 Å². The van der Waals surface area contributed by atoms with E-state index in [4.69, 9.17) is 14.2 Å². The standard InChI is InChI=1S/C24H33N3O6S/c1-4-33-21-10-8-19(16-23(21)34(29,30)27-13-5-6-14-27)26-17-24(28)25-12-11-18-7-9-20(31-2)22(15-18)32-3/h7-10,15-16,26H,4-6,11-14,17H2,1-3H3,(H,25,28). The molecule has 1 aliphatic heterocycles. The highest BCUT2D eigenvalue weighted by atomic mass is 32.2. The summed E-state index contributed by atoms with van der Waals surface area (Å²) in [5, 5.41) is 5.88. The molecule has 10 heteroatoms. The summed E-state index contributed by atoms with van der Waals surface area (Å²) in [6.07, 6.45) is 2.34. The summed E-state index contributed by atoms with van der Waals surface area (Å²) >= 11 is 0. The van der Waals surface area contributed by atoms with Crippen molar-refractivity contribution in [1.82, 2.24) is 9.62 Å². The molecule has 1 fully saturated rings. The van der Waals surface area contributed by atoms with Crippen LogP contribution in [0.5, 0.6) is 17.2 Å². The number of ether oxygens (including phenoxy) is 3. The molecule has 0 spiro atoms. The fourth-order valence-corrected chi connectivity index (χ4v) is 5.46. The van der Waals surface area contributed by atoms with Gasteiger partial charge in [-0.15, -0.1) is 0 Å². The summed E-state index contributed by atoms with van der Waals surface area (Å²) < 4.78 is 43.8. The number of nitrogens with zero attached hydrogens (tertiary/aromatic N) is 1. The first-order chi connectivity index (χ1) is 16.4. The molecule has 1 heterocycles. The van der Waals surface area contributed by atoms with Gasteiger partial charge in [-0.05, 0) is 62.1 Å². The van der Waals surface area contributed by atoms with E-state index in [1.807, 2.05) is 25.1 Å². The fourth-order valence-electron chi connectivity index (χ4n) is 3.79. The molecular weight excluding hydrogens is 458 g/mol. The van der Waals surface area contributed by atoms with Crippen molar-refractivity contribution in [1.29, 1.82) is 0 Å². The summed E-state index contributed by atoms with van der Waals surface area (Å²) in [5.41, 5.74) is 1.55. The summed E-state index contributed by atoms with van der Waals surface area (Å²) in [6.45, 7) is 3.65. The molecule has 0 atom stereocenters. The summed E-state index contributed by atoms with van der Waals surface area (Å²) in [6, 6.07) is 10.5. The van der Waals surface area contributed by atoms with E-state index in [1.54, 1.807) is 26.4 Å². The second-order valence-corrected chi connectivity index (χ2v) is 9.75. The van der Waals surface area contributed by atoms with E-state index in [9.17, 15) is 13.2 Å². The van der Waals surface area contributed by atoms with E-state index in [1.165, 1.54) is 10.4 Å². The summed E-state index contributed by atoms with van der Waals surface area (Å²) in [4.78, 5) is 12.4. The van der Waals surface area contributed by atoms with Crippen LogP contribution in [0.15, 0.2) is 41.3 Å². The number of carbonyl (C=O) groups excluding carboxylic acids is 1. The molecule has 0 aliphatic carbocycles. The van der Waals surface area contributed by atoms with E-state index in [2.05, 4.69) is 10.6 Å². The zero-order valence-corrected chi connectivity index (χ0v) is 20.7. The largest absolute Gasteiger partial charge is 0.493 e. The molecule has 0 saturated carbocycles. The predicted octanol–water partition coefficient (Wildman–Crippen LogP) is 2.66. The Labute approximate surface area is 201 Å². The van der Waals surface area contributed by atoms with Gasteiger partial charge in [-0.25, -0.2) is 8.42 Å². The maximum Gasteiger partial charge on any atom is 0.246 e. The summed E-state index contributed by atoms with van der Waals surface area (Å²) in [5.74, 6) is 1.42. The van der Waals surface area contributed by atoms with E-state index >= 15 is 0 Å². The van der Waals surface area contributed by atoms with Crippen molar-refractivity contribution < 1.29 is 27.4 Å². The molecule has 0 aromatic heterocycles. The maximum absolute atomic E-state index is 13.1. The van der Waals surface area contributed by atoms with Crippen LogP contribution in [-0.4, -0.2) is 65.6 Å². The molecule has 9 nitrogen and oxygen atoms in total. The van der Waals surface area contributed by atoms with Gasteiger partial charge in [0.15, 0.2) is 11.5 Å². The number of carbonyl (C=O) groups is 1. The van der Waals surface area contributed by atoms with Crippen LogP contribution in [0.3, 0.4) is 0 Å². The molecule has 2 N–H and O–H groups in total. The predicted molar refractivity (Wildman–Crippen MR) is 130 cm³/mol. The molecule has 1 saturated heterocycles. The van der Waals surface area contributed by atoms with Gasteiger partial charge < -0.3 is 24.8 Å². The fraction of sp³-hybridized carbons (Fsp3) is 0.458. The highest BCUT2D eigenvalue weighted by Crippen LogP contribution is 2.31. The number of rotatable bonds is 12. The van der Waals surface area contributed by atoms with E-state index < -0.39 is 10.0 Å². The molecule has 186 valence electrons.